The first-order chi connectivity index (χ1) is 10.9. The van der Waals surface area contributed by atoms with Gasteiger partial charge >= 0.3 is 5.97 Å². The average molecular weight is 315 g/mol. The molecule has 2 aromatic rings. The maximum atomic E-state index is 12.5. The van der Waals surface area contributed by atoms with Crippen molar-refractivity contribution in [1.82, 2.24) is 9.78 Å². The van der Waals surface area contributed by atoms with E-state index in [0.29, 0.717) is 12.1 Å². The summed E-state index contributed by atoms with van der Waals surface area (Å²) in [6, 6.07) is 9.55. The smallest absolute Gasteiger partial charge is 0.331 e. The topological polar surface area (TPSA) is 84.2 Å². The lowest BCUT2D eigenvalue weighted by atomic mass is 9.96. The second kappa shape index (κ2) is 6.64. The van der Waals surface area contributed by atoms with E-state index < -0.39 is 11.5 Å². The third-order valence-electron chi connectivity index (χ3n) is 3.87. The number of aliphatic carboxylic acids is 1. The molecule has 6 heteroatoms. The van der Waals surface area contributed by atoms with E-state index in [0.717, 1.165) is 5.56 Å². The van der Waals surface area contributed by atoms with Gasteiger partial charge in [0.25, 0.3) is 0 Å². The summed E-state index contributed by atoms with van der Waals surface area (Å²) in [5.41, 5.74) is 0.261. The molecule has 1 unspecified atom stereocenters. The van der Waals surface area contributed by atoms with Crippen LogP contribution in [0.1, 0.15) is 38.7 Å². The summed E-state index contributed by atoms with van der Waals surface area (Å²) in [4.78, 5) is 23.7. The van der Waals surface area contributed by atoms with Gasteiger partial charge in [-0.25, -0.2) is 4.79 Å². The summed E-state index contributed by atoms with van der Waals surface area (Å²) >= 11 is 0. The molecule has 122 valence electrons. The number of benzene rings is 1. The number of nitrogens with one attached hydrogen (secondary N) is 1. The molecule has 1 atom stereocenters. The van der Waals surface area contributed by atoms with Gasteiger partial charge in [-0.1, -0.05) is 37.3 Å². The molecule has 0 bridgehead atoms. The number of hydrogen-bond donors (Lipinski definition) is 2. The molecule has 2 N–H and O–H groups in total. The molecule has 1 heterocycles. The van der Waals surface area contributed by atoms with Crippen LogP contribution in [0, 0.1) is 0 Å². The lowest BCUT2D eigenvalue weighted by Gasteiger charge is -2.19. The first kappa shape index (κ1) is 16.7. The molecule has 0 saturated carbocycles. The second-order valence-corrected chi connectivity index (χ2v) is 5.90. The number of nitrogens with zero attached hydrogens (tertiary/aromatic N) is 2. The zero-order valence-electron chi connectivity index (χ0n) is 13.5. The summed E-state index contributed by atoms with van der Waals surface area (Å²) in [6.45, 7) is 5.05. The van der Waals surface area contributed by atoms with Crippen LogP contribution in [0.15, 0.2) is 42.7 Å². The van der Waals surface area contributed by atoms with Crippen LogP contribution >= 0.6 is 0 Å². The Labute approximate surface area is 135 Å². The standard InChI is InChI=1S/C17H21N3O3/c1-4-14(12-8-6-5-7-9-12)15(21)19-13-10-18-20(11-13)17(2,3)16(22)23/h5-11,14H,4H2,1-3H3,(H,19,21)(H,22,23). The van der Waals surface area contributed by atoms with Gasteiger partial charge in [0.1, 0.15) is 0 Å². The van der Waals surface area contributed by atoms with E-state index in [1.807, 2.05) is 37.3 Å². The van der Waals surface area contributed by atoms with Crippen LogP contribution in [0.3, 0.4) is 0 Å². The van der Waals surface area contributed by atoms with E-state index in [-0.39, 0.29) is 11.8 Å². The predicted octanol–water partition coefficient (Wildman–Crippen LogP) is 2.84. The summed E-state index contributed by atoms with van der Waals surface area (Å²) in [6.07, 6.45) is 3.66. The fourth-order valence-electron chi connectivity index (χ4n) is 2.28. The number of amides is 1. The predicted molar refractivity (Wildman–Crippen MR) is 87.3 cm³/mol. The number of carboxylic acid groups (broad SMARTS) is 1. The summed E-state index contributed by atoms with van der Waals surface area (Å²) in [5, 5.41) is 16.1. The Morgan fingerprint density at radius 3 is 2.52 bits per heavy atom. The zero-order valence-corrected chi connectivity index (χ0v) is 13.5. The van der Waals surface area contributed by atoms with Crippen molar-refractivity contribution in [3.05, 3.63) is 48.3 Å². The molecule has 0 aliphatic carbocycles. The second-order valence-electron chi connectivity index (χ2n) is 5.90. The molecule has 2 rings (SSSR count). The number of anilines is 1. The third kappa shape index (κ3) is 3.59. The summed E-state index contributed by atoms with van der Waals surface area (Å²) < 4.78 is 1.33. The van der Waals surface area contributed by atoms with E-state index in [2.05, 4.69) is 10.4 Å². The fourth-order valence-corrected chi connectivity index (χ4v) is 2.28. The third-order valence-corrected chi connectivity index (χ3v) is 3.87. The molecule has 23 heavy (non-hydrogen) atoms. The van der Waals surface area contributed by atoms with Crippen LogP contribution < -0.4 is 5.32 Å². The van der Waals surface area contributed by atoms with Crippen LogP contribution in [0.2, 0.25) is 0 Å². The van der Waals surface area contributed by atoms with E-state index in [1.165, 1.54) is 17.1 Å². The van der Waals surface area contributed by atoms with Crippen molar-refractivity contribution in [2.75, 3.05) is 5.32 Å². The van der Waals surface area contributed by atoms with Gasteiger partial charge in [-0.05, 0) is 25.8 Å². The molecule has 6 nitrogen and oxygen atoms in total. The first-order valence-electron chi connectivity index (χ1n) is 7.50. The normalized spacial score (nSPS) is 12.7. The van der Waals surface area contributed by atoms with Crippen molar-refractivity contribution in [2.45, 2.75) is 38.6 Å². The highest BCUT2D eigenvalue weighted by Gasteiger charge is 2.30. The minimum Gasteiger partial charge on any atom is -0.479 e. The molecule has 0 spiro atoms. The maximum Gasteiger partial charge on any atom is 0.331 e. The molecule has 0 radical (unpaired) electrons. The number of carboxylic acids is 1. The van der Waals surface area contributed by atoms with Crippen molar-refractivity contribution >= 4 is 17.6 Å². The largest absolute Gasteiger partial charge is 0.479 e. The van der Waals surface area contributed by atoms with Crippen molar-refractivity contribution < 1.29 is 14.7 Å². The molecule has 0 saturated heterocycles. The fraction of sp³-hybridized carbons (Fsp3) is 0.353. The van der Waals surface area contributed by atoms with Gasteiger partial charge in [-0.2, -0.15) is 5.10 Å². The van der Waals surface area contributed by atoms with Gasteiger partial charge < -0.3 is 10.4 Å². The minimum absolute atomic E-state index is 0.133. The van der Waals surface area contributed by atoms with Gasteiger partial charge in [0, 0.05) is 6.20 Å². The number of hydrogen-bond acceptors (Lipinski definition) is 3. The van der Waals surface area contributed by atoms with Crippen molar-refractivity contribution in [3.63, 3.8) is 0 Å². The van der Waals surface area contributed by atoms with Crippen LogP contribution in [-0.4, -0.2) is 26.8 Å². The Balaban J connectivity index is 2.14. The lowest BCUT2D eigenvalue weighted by Crippen LogP contribution is -2.35. The summed E-state index contributed by atoms with van der Waals surface area (Å²) in [7, 11) is 0. The van der Waals surface area contributed by atoms with Crippen LogP contribution in [0.5, 0.6) is 0 Å². The number of aromatic nitrogens is 2. The van der Waals surface area contributed by atoms with Gasteiger partial charge in [-0.3, -0.25) is 9.48 Å². The van der Waals surface area contributed by atoms with E-state index >= 15 is 0 Å². The lowest BCUT2D eigenvalue weighted by molar-refractivity contribution is -0.146. The quantitative estimate of drug-likeness (QED) is 0.858. The Morgan fingerprint density at radius 1 is 1.30 bits per heavy atom. The monoisotopic (exact) mass is 315 g/mol. The Kier molecular flexibility index (Phi) is 4.83. The Hall–Kier alpha value is -2.63. The van der Waals surface area contributed by atoms with Crippen LogP contribution in [0.4, 0.5) is 5.69 Å². The highest BCUT2D eigenvalue weighted by atomic mass is 16.4. The number of carbonyl (C=O) groups excluding carboxylic acids is 1. The molecule has 0 aliphatic rings. The molecule has 1 amide bonds. The van der Waals surface area contributed by atoms with Crippen LogP contribution in [0.25, 0.3) is 0 Å². The van der Waals surface area contributed by atoms with Gasteiger partial charge in [-0.15, -0.1) is 0 Å². The highest BCUT2D eigenvalue weighted by Crippen LogP contribution is 2.22. The molecule has 0 fully saturated rings. The average Bonchev–Trinajstić information content (AvgIpc) is 2.98. The van der Waals surface area contributed by atoms with Crippen LogP contribution in [-0.2, 0) is 15.1 Å². The number of carbonyl (C=O) groups is 2. The number of rotatable bonds is 6. The summed E-state index contributed by atoms with van der Waals surface area (Å²) in [5.74, 6) is -1.38. The van der Waals surface area contributed by atoms with E-state index in [4.69, 9.17) is 0 Å². The molecule has 1 aromatic heterocycles. The zero-order chi connectivity index (χ0) is 17.0. The Morgan fingerprint density at radius 2 is 1.96 bits per heavy atom. The van der Waals surface area contributed by atoms with Gasteiger partial charge in [0.2, 0.25) is 5.91 Å². The molecular weight excluding hydrogens is 294 g/mol. The minimum atomic E-state index is -1.17. The van der Waals surface area contributed by atoms with Crippen molar-refractivity contribution in [2.24, 2.45) is 0 Å². The molecule has 1 aromatic carbocycles. The van der Waals surface area contributed by atoms with Gasteiger partial charge in [0.05, 0.1) is 17.8 Å². The van der Waals surface area contributed by atoms with E-state index in [9.17, 15) is 14.7 Å². The van der Waals surface area contributed by atoms with Crippen molar-refractivity contribution in [1.29, 1.82) is 0 Å². The van der Waals surface area contributed by atoms with Gasteiger partial charge in [0.15, 0.2) is 5.54 Å². The Bertz CT molecular complexity index is 692. The maximum absolute atomic E-state index is 12.5. The first-order valence-corrected chi connectivity index (χ1v) is 7.50. The van der Waals surface area contributed by atoms with Crippen molar-refractivity contribution in [3.8, 4) is 0 Å². The molecular formula is C17H21N3O3. The highest BCUT2D eigenvalue weighted by molar-refractivity contribution is 5.95. The van der Waals surface area contributed by atoms with E-state index in [1.54, 1.807) is 13.8 Å². The SMILES string of the molecule is CCC(C(=O)Nc1cnn(C(C)(C)C(=O)O)c1)c1ccccc1. The molecule has 0 aliphatic heterocycles.